The van der Waals surface area contributed by atoms with Gasteiger partial charge in [0, 0.05) is 10.4 Å². The number of carbonyl (C=O) groups excluding carboxylic acids is 1. The Morgan fingerprint density at radius 2 is 1.90 bits per heavy atom. The Bertz CT molecular complexity index is 528. The predicted molar refractivity (Wildman–Crippen MR) is 90.3 cm³/mol. The van der Waals surface area contributed by atoms with E-state index in [1.54, 1.807) is 0 Å². The Hall–Kier alpha value is -0.830. The molecule has 0 aromatic heterocycles. The Morgan fingerprint density at radius 3 is 2.67 bits per heavy atom. The Balaban J connectivity index is 1.63. The van der Waals surface area contributed by atoms with Crippen molar-refractivity contribution < 1.29 is 4.79 Å². The number of aryl methyl sites for hydroxylation is 1. The van der Waals surface area contributed by atoms with Crippen molar-refractivity contribution in [1.29, 1.82) is 0 Å². The summed E-state index contributed by atoms with van der Waals surface area (Å²) < 4.78 is 0.974. The first-order chi connectivity index (χ1) is 10.1. The van der Waals surface area contributed by atoms with E-state index in [1.165, 1.54) is 37.7 Å². The number of benzene rings is 1. The second kappa shape index (κ2) is 6.51. The maximum absolute atomic E-state index is 12.5. The topological polar surface area (TPSA) is 29.1 Å². The lowest BCUT2D eigenvalue weighted by atomic mass is 9.67. The summed E-state index contributed by atoms with van der Waals surface area (Å²) in [6, 6.07) is 6.08. The molecule has 21 heavy (non-hydrogen) atoms. The molecule has 0 saturated heterocycles. The van der Waals surface area contributed by atoms with E-state index in [4.69, 9.17) is 0 Å². The molecule has 2 aliphatic rings. The van der Waals surface area contributed by atoms with Crippen LogP contribution in [0.5, 0.6) is 0 Å². The van der Waals surface area contributed by atoms with Crippen LogP contribution in [0.25, 0.3) is 0 Å². The van der Waals surface area contributed by atoms with Crippen molar-refractivity contribution in [1.82, 2.24) is 0 Å². The second-order valence-electron chi connectivity index (χ2n) is 6.79. The molecule has 2 fully saturated rings. The Labute approximate surface area is 135 Å². The molecule has 2 saturated carbocycles. The number of amides is 1. The SMILES string of the molecule is Cc1ccc(NC(=O)C2CCC3CCCCC3C2)c(Br)c1. The highest BCUT2D eigenvalue weighted by molar-refractivity contribution is 9.10. The fourth-order valence-corrected chi connectivity index (χ4v) is 4.66. The van der Waals surface area contributed by atoms with E-state index in [9.17, 15) is 4.79 Å². The van der Waals surface area contributed by atoms with E-state index in [0.717, 1.165) is 34.8 Å². The summed E-state index contributed by atoms with van der Waals surface area (Å²) in [6.45, 7) is 2.06. The third-order valence-corrected chi connectivity index (χ3v) is 5.95. The number of rotatable bonds is 2. The molecule has 0 heterocycles. The first-order valence-corrected chi connectivity index (χ1v) is 9.00. The summed E-state index contributed by atoms with van der Waals surface area (Å²) in [5.74, 6) is 2.11. The maximum Gasteiger partial charge on any atom is 0.227 e. The normalized spacial score (nSPS) is 28.8. The summed E-state index contributed by atoms with van der Waals surface area (Å²) in [6.07, 6.45) is 8.90. The van der Waals surface area contributed by atoms with Gasteiger partial charge >= 0.3 is 0 Å². The van der Waals surface area contributed by atoms with Crippen molar-refractivity contribution in [3.05, 3.63) is 28.2 Å². The van der Waals surface area contributed by atoms with Crippen LogP contribution in [0, 0.1) is 24.7 Å². The highest BCUT2D eigenvalue weighted by Crippen LogP contribution is 2.43. The second-order valence-corrected chi connectivity index (χ2v) is 7.64. The third-order valence-electron chi connectivity index (χ3n) is 5.29. The monoisotopic (exact) mass is 349 g/mol. The van der Waals surface area contributed by atoms with E-state index < -0.39 is 0 Å². The average molecular weight is 350 g/mol. The van der Waals surface area contributed by atoms with Crippen molar-refractivity contribution in [3.8, 4) is 0 Å². The zero-order chi connectivity index (χ0) is 14.8. The molecule has 2 aliphatic carbocycles. The molecule has 3 atom stereocenters. The van der Waals surface area contributed by atoms with Crippen molar-refractivity contribution >= 4 is 27.5 Å². The van der Waals surface area contributed by atoms with Crippen LogP contribution >= 0.6 is 15.9 Å². The molecule has 0 bridgehead atoms. The number of halogens is 1. The molecule has 2 nitrogen and oxygen atoms in total. The summed E-state index contributed by atoms with van der Waals surface area (Å²) in [7, 11) is 0. The Morgan fingerprint density at radius 1 is 1.14 bits per heavy atom. The van der Waals surface area contributed by atoms with Crippen LogP contribution in [0.3, 0.4) is 0 Å². The number of nitrogens with one attached hydrogen (secondary N) is 1. The molecule has 3 unspecified atom stereocenters. The van der Waals surface area contributed by atoms with Gasteiger partial charge in [-0.25, -0.2) is 0 Å². The van der Waals surface area contributed by atoms with Gasteiger partial charge < -0.3 is 5.32 Å². The highest BCUT2D eigenvalue weighted by Gasteiger charge is 2.35. The smallest absolute Gasteiger partial charge is 0.227 e. The summed E-state index contributed by atoms with van der Waals surface area (Å²) in [5.41, 5.74) is 2.10. The van der Waals surface area contributed by atoms with Gasteiger partial charge in [0.15, 0.2) is 0 Å². The average Bonchev–Trinajstić information content (AvgIpc) is 2.49. The molecule has 0 radical (unpaired) electrons. The van der Waals surface area contributed by atoms with Crippen molar-refractivity contribution in [3.63, 3.8) is 0 Å². The number of carbonyl (C=O) groups is 1. The first-order valence-electron chi connectivity index (χ1n) is 8.20. The van der Waals surface area contributed by atoms with Gasteiger partial charge in [-0.15, -0.1) is 0 Å². The minimum Gasteiger partial charge on any atom is -0.325 e. The molecule has 114 valence electrons. The molecule has 1 N–H and O–H groups in total. The molecule has 3 rings (SSSR count). The summed E-state index contributed by atoms with van der Waals surface area (Å²) in [4.78, 5) is 12.5. The van der Waals surface area contributed by atoms with Gasteiger partial charge in [0.25, 0.3) is 0 Å². The molecule has 1 aromatic rings. The largest absolute Gasteiger partial charge is 0.325 e. The standard InChI is InChI=1S/C18H24BrNO/c1-12-6-9-17(16(19)10-12)20-18(21)15-8-7-13-4-2-3-5-14(13)11-15/h6,9-10,13-15H,2-5,7-8,11H2,1H3,(H,20,21). The number of anilines is 1. The van der Waals surface area contributed by atoms with Crippen LogP contribution in [-0.4, -0.2) is 5.91 Å². The van der Waals surface area contributed by atoms with Gasteiger partial charge in [-0.2, -0.15) is 0 Å². The highest BCUT2D eigenvalue weighted by atomic mass is 79.9. The van der Waals surface area contributed by atoms with Crippen LogP contribution in [-0.2, 0) is 4.79 Å². The minimum atomic E-state index is 0.206. The van der Waals surface area contributed by atoms with Crippen molar-refractivity contribution in [2.45, 2.75) is 51.9 Å². The predicted octanol–water partition coefficient (Wildman–Crippen LogP) is 5.30. The molecule has 0 aliphatic heterocycles. The number of hydrogen-bond donors (Lipinski definition) is 1. The van der Waals surface area contributed by atoms with E-state index in [2.05, 4.69) is 28.2 Å². The van der Waals surface area contributed by atoms with Crippen LogP contribution in [0.2, 0.25) is 0 Å². The third kappa shape index (κ3) is 3.50. The van der Waals surface area contributed by atoms with E-state index in [-0.39, 0.29) is 11.8 Å². The van der Waals surface area contributed by atoms with Gasteiger partial charge in [0.1, 0.15) is 0 Å². The summed E-state index contributed by atoms with van der Waals surface area (Å²) in [5, 5.41) is 3.12. The first kappa shape index (κ1) is 15.1. The minimum absolute atomic E-state index is 0.206. The van der Waals surface area contributed by atoms with Gasteiger partial charge in [-0.3, -0.25) is 4.79 Å². The lowest BCUT2D eigenvalue weighted by molar-refractivity contribution is -0.122. The fourth-order valence-electron chi connectivity index (χ4n) is 4.07. The van der Waals surface area contributed by atoms with E-state index in [0.29, 0.717) is 0 Å². The lowest BCUT2D eigenvalue weighted by Gasteiger charge is -2.38. The Kier molecular flexibility index (Phi) is 4.68. The molecule has 3 heteroatoms. The quantitative estimate of drug-likeness (QED) is 0.770. The summed E-state index contributed by atoms with van der Waals surface area (Å²) >= 11 is 3.54. The molecule has 0 spiro atoms. The molecule has 1 amide bonds. The van der Waals surface area contributed by atoms with E-state index in [1.807, 2.05) is 18.2 Å². The van der Waals surface area contributed by atoms with Gasteiger partial charge in [-0.05, 0) is 71.6 Å². The zero-order valence-electron chi connectivity index (χ0n) is 12.7. The number of fused-ring (bicyclic) bond motifs is 1. The van der Waals surface area contributed by atoms with Crippen molar-refractivity contribution in [2.24, 2.45) is 17.8 Å². The van der Waals surface area contributed by atoms with Gasteiger partial charge in [-0.1, -0.05) is 31.7 Å². The lowest BCUT2D eigenvalue weighted by Crippen LogP contribution is -2.33. The molecule has 1 aromatic carbocycles. The van der Waals surface area contributed by atoms with Crippen LogP contribution in [0.15, 0.2) is 22.7 Å². The zero-order valence-corrected chi connectivity index (χ0v) is 14.3. The maximum atomic E-state index is 12.5. The molecular formula is C18H24BrNO. The number of hydrogen-bond acceptors (Lipinski definition) is 1. The van der Waals surface area contributed by atoms with Crippen molar-refractivity contribution in [2.75, 3.05) is 5.32 Å². The van der Waals surface area contributed by atoms with Crippen LogP contribution in [0.1, 0.15) is 50.5 Å². The van der Waals surface area contributed by atoms with Gasteiger partial charge in [0.2, 0.25) is 5.91 Å². The fraction of sp³-hybridized carbons (Fsp3) is 0.611. The van der Waals surface area contributed by atoms with Gasteiger partial charge in [0.05, 0.1) is 5.69 Å². The van der Waals surface area contributed by atoms with E-state index >= 15 is 0 Å². The molecular weight excluding hydrogens is 326 g/mol. The van der Waals surface area contributed by atoms with Crippen LogP contribution in [0.4, 0.5) is 5.69 Å². The van der Waals surface area contributed by atoms with Crippen LogP contribution < -0.4 is 5.32 Å².